The summed E-state index contributed by atoms with van der Waals surface area (Å²) in [6.45, 7) is 2.22. The molecular weight excluding hydrogens is 299 g/mol. The summed E-state index contributed by atoms with van der Waals surface area (Å²) >= 11 is 0. The van der Waals surface area contributed by atoms with Gasteiger partial charge in [0, 0.05) is 17.3 Å². The summed E-state index contributed by atoms with van der Waals surface area (Å²) in [5.74, 6) is -1.46. The zero-order valence-corrected chi connectivity index (χ0v) is 13.2. The van der Waals surface area contributed by atoms with Gasteiger partial charge in [-0.2, -0.15) is 4.39 Å². The van der Waals surface area contributed by atoms with E-state index in [1.807, 2.05) is 6.07 Å². The van der Waals surface area contributed by atoms with Crippen molar-refractivity contribution in [1.82, 2.24) is 4.98 Å². The fourth-order valence-electron chi connectivity index (χ4n) is 3.49. The summed E-state index contributed by atoms with van der Waals surface area (Å²) in [6, 6.07) is 6.06. The molecule has 3 rings (SSSR count). The third-order valence-electron chi connectivity index (χ3n) is 5.00. The first-order valence-electron chi connectivity index (χ1n) is 8.19. The lowest BCUT2D eigenvalue weighted by Gasteiger charge is -2.28. The van der Waals surface area contributed by atoms with Crippen molar-refractivity contribution < 1.29 is 13.2 Å². The monoisotopic (exact) mass is 319 g/mol. The molecule has 1 aromatic heterocycles. The second kappa shape index (κ2) is 6.73. The molecule has 0 unspecified atom stereocenters. The van der Waals surface area contributed by atoms with Crippen LogP contribution in [0.2, 0.25) is 0 Å². The molecule has 1 heterocycles. The zero-order chi connectivity index (χ0) is 16.4. The largest absolute Gasteiger partial charge is 0.248 e. The maximum atomic E-state index is 14.4. The van der Waals surface area contributed by atoms with E-state index in [4.69, 9.17) is 0 Å². The Morgan fingerprint density at radius 3 is 2.35 bits per heavy atom. The summed E-state index contributed by atoms with van der Waals surface area (Å²) in [6.07, 6.45) is 6.93. The predicted octanol–water partition coefficient (Wildman–Crippen LogP) is 5.85. The number of hydrogen-bond donors (Lipinski definition) is 0. The summed E-state index contributed by atoms with van der Waals surface area (Å²) < 4.78 is 40.6. The molecule has 122 valence electrons. The van der Waals surface area contributed by atoms with Gasteiger partial charge in [0.2, 0.25) is 5.95 Å². The smallest absolute Gasteiger partial charge is 0.225 e. The van der Waals surface area contributed by atoms with Crippen LogP contribution in [-0.4, -0.2) is 4.98 Å². The van der Waals surface area contributed by atoms with Crippen molar-refractivity contribution in [3.8, 4) is 11.1 Å². The Bertz CT molecular complexity index is 691. The second-order valence-corrected chi connectivity index (χ2v) is 6.36. The first-order chi connectivity index (χ1) is 11.1. The van der Waals surface area contributed by atoms with Crippen molar-refractivity contribution >= 4 is 0 Å². The van der Waals surface area contributed by atoms with E-state index in [0.29, 0.717) is 5.92 Å². The molecule has 1 aliphatic rings. The lowest BCUT2D eigenvalue weighted by atomic mass is 9.77. The molecule has 23 heavy (non-hydrogen) atoms. The van der Waals surface area contributed by atoms with Crippen LogP contribution in [0.25, 0.3) is 11.1 Å². The van der Waals surface area contributed by atoms with Crippen molar-refractivity contribution in [1.29, 1.82) is 0 Å². The van der Waals surface area contributed by atoms with Crippen LogP contribution in [0, 0.1) is 23.5 Å². The van der Waals surface area contributed by atoms with Gasteiger partial charge in [-0.3, -0.25) is 0 Å². The van der Waals surface area contributed by atoms with E-state index in [1.165, 1.54) is 25.3 Å². The van der Waals surface area contributed by atoms with Gasteiger partial charge in [0.15, 0.2) is 5.82 Å². The van der Waals surface area contributed by atoms with E-state index in [1.54, 1.807) is 6.07 Å². The molecule has 1 fully saturated rings. The Hall–Kier alpha value is -1.84. The molecule has 0 amide bonds. The summed E-state index contributed by atoms with van der Waals surface area (Å²) in [4.78, 5) is 3.32. The molecular formula is C19H20F3N. The highest BCUT2D eigenvalue weighted by atomic mass is 19.2. The summed E-state index contributed by atoms with van der Waals surface area (Å²) in [5, 5.41) is 0. The minimum atomic E-state index is -1.17. The zero-order valence-electron chi connectivity index (χ0n) is 13.2. The second-order valence-electron chi connectivity index (χ2n) is 6.36. The van der Waals surface area contributed by atoms with Crippen LogP contribution in [0.3, 0.4) is 0 Å². The average Bonchev–Trinajstić information content (AvgIpc) is 2.57. The molecule has 0 N–H and O–H groups in total. The number of aromatic nitrogens is 1. The quantitative estimate of drug-likeness (QED) is 0.647. The third-order valence-corrected chi connectivity index (χ3v) is 5.00. The van der Waals surface area contributed by atoms with Gasteiger partial charge in [-0.05, 0) is 55.2 Å². The van der Waals surface area contributed by atoms with Gasteiger partial charge in [0.25, 0.3) is 0 Å². The van der Waals surface area contributed by atoms with Gasteiger partial charge in [-0.25, -0.2) is 13.8 Å². The van der Waals surface area contributed by atoms with Crippen LogP contribution in [0.1, 0.15) is 50.5 Å². The van der Waals surface area contributed by atoms with Crippen molar-refractivity contribution in [3.05, 3.63) is 53.6 Å². The molecule has 2 aromatic rings. The minimum absolute atomic E-state index is 0.252. The van der Waals surface area contributed by atoms with Gasteiger partial charge in [-0.1, -0.05) is 25.5 Å². The van der Waals surface area contributed by atoms with Gasteiger partial charge >= 0.3 is 0 Å². The molecule has 1 saturated carbocycles. The highest BCUT2D eigenvalue weighted by molar-refractivity contribution is 5.63. The lowest BCUT2D eigenvalue weighted by molar-refractivity contribution is 0.318. The Morgan fingerprint density at radius 2 is 1.74 bits per heavy atom. The number of rotatable bonds is 3. The van der Waals surface area contributed by atoms with Gasteiger partial charge in [0.05, 0.1) is 0 Å². The number of hydrogen-bond acceptors (Lipinski definition) is 1. The molecule has 0 saturated heterocycles. The molecule has 0 bridgehead atoms. The van der Waals surface area contributed by atoms with Crippen LogP contribution in [0.5, 0.6) is 0 Å². The van der Waals surface area contributed by atoms with E-state index in [9.17, 15) is 13.2 Å². The van der Waals surface area contributed by atoms with Crippen LogP contribution in [0.15, 0.2) is 30.5 Å². The lowest BCUT2D eigenvalue weighted by Crippen LogP contribution is -2.12. The van der Waals surface area contributed by atoms with Crippen LogP contribution in [0.4, 0.5) is 13.2 Å². The standard InChI is InChI=1S/C19H20F3N/c1-2-12-3-5-13(6-4-12)14-7-8-16(17(20)9-14)15-10-18(21)19(22)23-11-15/h7-13H,2-6H2,1H3. The maximum Gasteiger partial charge on any atom is 0.248 e. The number of halogens is 3. The van der Waals surface area contributed by atoms with Gasteiger partial charge < -0.3 is 0 Å². The first-order valence-corrected chi connectivity index (χ1v) is 8.19. The minimum Gasteiger partial charge on any atom is -0.225 e. The predicted molar refractivity (Wildman–Crippen MR) is 84.5 cm³/mol. The Kier molecular flexibility index (Phi) is 4.69. The van der Waals surface area contributed by atoms with Crippen LogP contribution in [-0.2, 0) is 0 Å². The van der Waals surface area contributed by atoms with Crippen molar-refractivity contribution in [3.63, 3.8) is 0 Å². The number of nitrogens with zero attached hydrogens (tertiary/aromatic N) is 1. The summed E-state index contributed by atoms with van der Waals surface area (Å²) in [5.41, 5.74) is 1.50. The molecule has 4 heteroatoms. The molecule has 0 atom stereocenters. The van der Waals surface area contributed by atoms with E-state index in [2.05, 4.69) is 11.9 Å². The fraction of sp³-hybridized carbons (Fsp3) is 0.421. The number of benzene rings is 1. The van der Waals surface area contributed by atoms with Gasteiger partial charge in [-0.15, -0.1) is 0 Å². The van der Waals surface area contributed by atoms with Crippen LogP contribution >= 0.6 is 0 Å². The highest BCUT2D eigenvalue weighted by Gasteiger charge is 2.22. The molecule has 0 aliphatic heterocycles. The summed E-state index contributed by atoms with van der Waals surface area (Å²) in [7, 11) is 0. The molecule has 1 nitrogen and oxygen atoms in total. The molecule has 0 spiro atoms. The normalized spacial score (nSPS) is 21.4. The highest BCUT2D eigenvalue weighted by Crippen LogP contribution is 2.38. The van der Waals surface area contributed by atoms with Gasteiger partial charge in [0.1, 0.15) is 5.82 Å². The maximum absolute atomic E-state index is 14.4. The molecule has 1 aliphatic carbocycles. The third kappa shape index (κ3) is 3.41. The number of pyridine rings is 1. The van der Waals surface area contributed by atoms with Crippen molar-refractivity contribution in [2.24, 2.45) is 5.92 Å². The topological polar surface area (TPSA) is 12.9 Å². The van der Waals surface area contributed by atoms with Crippen molar-refractivity contribution in [2.75, 3.05) is 0 Å². The molecule has 1 aromatic carbocycles. The first kappa shape index (κ1) is 16.0. The Labute approximate surface area is 134 Å². The SMILES string of the molecule is CCC1CCC(c2ccc(-c3cnc(F)c(F)c3)c(F)c2)CC1. The Morgan fingerprint density at radius 1 is 1.00 bits per heavy atom. The average molecular weight is 319 g/mol. The van der Waals surface area contributed by atoms with E-state index in [0.717, 1.165) is 36.6 Å². The van der Waals surface area contributed by atoms with E-state index < -0.39 is 17.6 Å². The fourth-order valence-corrected chi connectivity index (χ4v) is 3.49. The molecule has 0 radical (unpaired) electrons. The van der Waals surface area contributed by atoms with Crippen molar-refractivity contribution in [2.45, 2.75) is 44.9 Å². The Balaban J connectivity index is 1.82. The van der Waals surface area contributed by atoms with E-state index in [-0.39, 0.29) is 11.1 Å². The van der Waals surface area contributed by atoms with Crippen LogP contribution < -0.4 is 0 Å². The van der Waals surface area contributed by atoms with E-state index >= 15 is 0 Å².